The van der Waals surface area contributed by atoms with Crippen molar-refractivity contribution in [3.05, 3.63) is 23.8 Å². The van der Waals surface area contributed by atoms with E-state index in [1.165, 1.54) is 5.56 Å². The molecule has 2 N–H and O–H groups in total. The van der Waals surface area contributed by atoms with Gasteiger partial charge in [0.2, 0.25) is 0 Å². The van der Waals surface area contributed by atoms with Crippen molar-refractivity contribution in [2.75, 3.05) is 20.2 Å². The summed E-state index contributed by atoms with van der Waals surface area (Å²) in [6.45, 7) is 1.71. The molecule has 0 amide bonds. The van der Waals surface area contributed by atoms with Crippen LogP contribution >= 0.6 is 0 Å². The van der Waals surface area contributed by atoms with Crippen LogP contribution in [0, 0.1) is 5.92 Å². The number of hydrogen-bond acceptors (Lipinski definition) is 3. The number of ether oxygens (including phenoxy) is 1. The highest BCUT2D eigenvalue weighted by Gasteiger charge is 2.19. The molecule has 1 unspecified atom stereocenters. The highest BCUT2D eigenvalue weighted by molar-refractivity contribution is 5.41. The fourth-order valence-electron chi connectivity index (χ4n) is 1.84. The minimum Gasteiger partial charge on any atom is -0.508 e. The maximum Gasteiger partial charge on any atom is 0.126 e. The molecule has 1 heterocycles. The number of phenols is 1. The Balaban J connectivity index is 2.15. The first-order valence-electron chi connectivity index (χ1n) is 4.89. The van der Waals surface area contributed by atoms with Gasteiger partial charge in [0, 0.05) is 18.5 Å². The molecule has 76 valence electrons. The van der Waals surface area contributed by atoms with Gasteiger partial charge in [-0.1, -0.05) is 6.07 Å². The summed E-state index contributed by atoms with van der Waals surface area (Å²) < 4.78 is 5.57. The second-order valence-electron chi connectivity index (χ2n) is 3.73. The van der Waals surface area contributed by atoms with E-state index in [2.05, 4.69) is 5.32 Å². The molecule has 3 nitrogen and oxygen atoms in total. The largest absolute Gasteiger partial charge is 0.508 e. The number of hydrogen-bond donors (Lipinski definition) is 2. The van der Waals surface area contributed by atoms with Crippen LogP contribution in [0.15, 0.2) is 18.2 Å². The van der Waals surface area contributed by atoms with Crippen molar-refractivity contribution in [2.24, 2.45) is 5.92 Å². The molecule has 0 aromatic heterocycles. The molecule has 2 rings (SSSR count). The van der Waals surface area contributed by atoms with Crippen LogP contribution in [0.25, 0.3) is 0 Å². The molecule has 0 saturated heterocycles. The van der Waals surface area contributed by atoms with E-state index >= 15 is 0 Å². The molecular weight excluding hydrogens is 178 g/mol. The van der Waals surface area contributed by atoms with Crippen molar-refractivity contribution < 1.29 is 9.84 Å². The van der Waals surface area contributed by atoms with Crippen LogP contribution in [-0.2, 0) is 6.42 Å². The van der Waals surface area contributed by atoms with Crippen LogP contribution in [-0.4, -0.2) is 25.3 Å². The smallest absolute Gasteiger partial charge is 0.126 e. The first-order valence-corrected chi connectivity index (χ1v) is 4.89. The molecule has 0 aliphatic carbocycles. The molecule has 0 spiro atoms. The van der Waals surface area contributed by atoms with Crippen molar-refractivity contribution in [3.63, 3.8) is 0 Å². The maximum atomic E-state index is 9.27. The monoisotopic (exact) mass is 193 g/mol. The molecule has 0 radical (unpaired) electrons. The third-order valence-electron chi connectivity index (χ3n) is 2.53. The van der Waals surface area contributed by atoms with E-state index in [9.17, 15) is 5.11 Å². The van der Waals surface area contributed by atoms with E-state index in [-0.39, 0.29) is 5.75 Å². The van der Waals surface area contributed by atoms with Gasteiger partial charge in [-0.15, -0.1) is 0 Å². The fraction of sp³-hybridized carbons (Fsp3) is 0.455. The Hall–Kier alpha value is -1.22. The number of nitrogens with one attached hydrogen (secondary N) is 1. The average Bonchev–Trinajstić information content (AvgIpc) is 2.19. The summed E-state index contributed by atoms with van der Waals surface area (Å²) in [4.78, 5) is 0. The van der Waals surface area contributed by atoms with Crippen LogP contribution in [0.5, 0.6) is 11.5 Å². The summed E-state index contributed by atoms with van der Waals surface area (Å²) >= 11 is 0. The van der Waals surface area contributed by atoms with Crippen molar-refractivity contribution >= 4 is 0 Å². The molecule has 0 bridgehead atoms. The molecule has 1 atom stereocenters. The lowest BCUT2D eigenvalue weighted by Crippen LogP contribution is -2.29. The molecule has 1 aliphatic rings. The van der Waals surface area contributed by atoms with Gasteiger partial charge >= 0.3 is 0 Å². The quantitative estimate of drug-likeness (QED) is 0.740. The maximum absolute atomic E-state index is 9.27. The van der Waals surface area contributed by atoms with Crippen LogP contribution < -0.4 is 10.1 Å². The Morgan fingerprint density at radius 1 is 1.57 bits per heavy atom. The van der Waals surface area contributed by atoms with Crippen molar-refractivity contribution in [2.45, 2.75) is 6.42 Å². The summed E-state index contributed by atoms with van der Waals surface area (Å²) in [7, 11) is 1.95. The zero-order chi connectivity index (χ0) is 9.97. The molecule has 1 aliphatic heterocycles. The molecule has 0 saturated carbocycles. The van der Waals surface area contributed by atoms with Gasteiger partial charge in [-0.2, -0.15) is 0 Å². The highest BCUT2D eigenvalue weighted by atomic mass is 16.5. The van der Waals surface area contributed by atoms with Crippen LogP contribution in [0.4, 0.5) is 0 Å². The van der Waals surface area contributed by atoms with Gasteiger partial charge in [-0.25, -0.2) is 0 Å². The number of aromatic hydroxyl groups is 1. The lowest BCUT2D eigenvalue weighted by Gasteiger charge is -2.25. The standard InChI is InChI=1S/C11H15NO2/c1-12-6-8-4-9-2-3-10(13)5-11(9)14-7-8/h2-3,5,8,12-13H,4,6-7H2,1H3. The van der Waals surface area contributed by atoms with E-state index in [0.717, 1.165) is 25.3 Å². The Bertz CT molecular complexity index is 325. The van der Waals surface area contributed by atoms with Crippen LogP contribution in [0.1, 0.15) is 5.56 Å². The van der Waals surface area contributed by atoms with Crippen molar-refractivity contribution in [1.82, 2.24) is 5.32 Å². The first-order chi connectivity index (χ1) is 6.79. The SMILES string of the molecule is CNCC1COc2cc(O)ccc2C1. The fourth-order valence-corrected chi connectivity index (χ4v) is 1.84. The molecular formula is C11H15NO2. The van der Waals surface area contributed by atoms with Gasteiger partial charge in [-0.05, 0) is 25.1 Å². The molecule has 1 aromatic carbocycles. The van der Waals surface area contributed by atoms with E-state index < -0.39 is 0 Å². The summed E-state index contributed by atoms with van der Waals surface area (Å²) in [6.07, 6.45) is 1.02. The van der Waals surface area contributed by atoms with Gasteiger partial charge in [-0.3, -0.25) is 0 Å². The normalized spacial score (nSPS) is 19.9. The van der Waals surface area contributed by atoms with Crippen molar-refractivity contribution in [3.8, 4) is 11.5 Å². The van der Waals surface area contributed by atoms with Gasteiger partial charge in [0.15, 0.2) is 0 Å². The molecule has 3 heteroatoms. The van der Waals surface area contributed by atoms with Crippen LogP contribution in [0.2, 0.25) is 0 Å². The zero-order valence-corrected chi connectivity index (χ0v) is 8.29. The van der Waals surface area contributed by atoms with Gasteiger partial charge in [0.05, 0.1) is 6.61 Å². The topological polar surface area (TPSA) is 41.5 Å². The Kier molecular flexibility index (Phi) is 2.59. The minimum absolute atomic E-state index is 0.274. The Morgan fingerprint density at radius 3 is 3.21 bits per heavy atom. The zero-order valence-electron chi connectivity index (χ0n) is 8.29. The minimum atomic E-state index is 0.274. The van der Waals surface area contributed by atoms with Crippen LogP contribution in [0.3, 0.4) is 0 Å². The predicted molar refractivity (Wildman–Crippen MR) is 54.7 cm³/mol. The lowest BCUT2D eigenvalue weighted by molar-refractivity contribution is 0.219. The van der Waals surface area contributed by atoms with E-state index in [0.29, 0.717) is 5.92 Å². The predicted octanol–water partition coefficient (Wildman–Crippen LogP) is 1.16. The van der Waals surface area contributed by atoms with Gasteiger partial charge in [0.1, 0.15) is 11.5 Å². The summed E-state index contributed by atoms with van der Waals surface area (Å²) in [5, 5.41) is 12.4. The van der Waals surface area contributed by atoms with E-state index in [1.54, 1.807) is 12.1 Å². The third-order valence-corrected chi connectivity index (χ3v) is 2.53. The van der Waals surface area contributed by atoms with Gasteiger partial charge in [0.25, 0.3) is 0 Å². The second-order valence-corrected chi connectivity index (χ2v) is 3.73. The lowest BCUT2D eigenvalue weighted by atomic mass is 9.97. The number of phenolic OH excluding ortho intramolecular Hbond substituents is 1. The number of fused-ring (bicyclic) bond motifs is 1. The third kappa shape index (κ3) is 1.82. The average molecular weight is 193 g/mol. The molecule has 0 fully saturated rings. The first kappa shape index (κ1) is 9.34. The molecule has 1 aromatic rings. The van der Waals surface area contributed by atoms with E-state index in [1.807, 2.05) is 13.1 Å². The second kappa shape index (κ2) is 3.88. The summed E-state index contributed by atoms with van der Waals surface area (Å²) in [5.41, 5.74) is 1.19. The van der Waals surface area contributed by atoms with Gasteiger partial charge < -0.3 is 15.2 Å². The highest BCUT2D eigenvalue weighted by Crippen LogP contribution is 2.30. The Labute approximate surface area is 83.7 Å². The summed E-state index contributed by atoms with van der Waals surface area (Å²) in [5.74, 6) is 1.64. The van der Waals surface area contributed by atoms with Crippen molar-refractivity contribution in [1.29, 1.82) is 0 Å². The van der Waals surface area contributed by atoms with E-state index in [4.69, 9.17) is 4.74 Å². The summed E-state index contributed by atoms with van der Waals surface area (Å²) in [6, 6.07) is 5.33. The Morgan fingerprint density at radius 2 is 2.43 bits per heavy atom. The number of benzene rings is 1. The molecule has 14 heavy (non-hydrogen) atoms. The number of rotatable bonds is 2.